The van der Waals surface area contributed by atoms with Crippen LogP contribution in [0.25, 0.3) is 0 Å². The van der Waals surface area contributed by atoms with Gasteiger partial charge in [0.05, 0.1) is 5.56 Å². The van der Waals surface area contributed by atoms with Crippen LogP contribution in [0.3, 0.4) is 0 Å². The quantitative estimate of drug-likeness (QED) is 0.563. The fourth-order valence-electron chi connectivity index (χ4n) is 3.70. The average Bonchev–Trinajstić information content (AvgIpc) is 2.59. The predicted molar refractivity (Wildman–Crippen MR) is 92.7 cm³/mol. The van der Waals surface area contributed by atoms with E-state index in [9.17, 15) is 18.0 Å². The molecule has 2 unspecified atom stereocenters. The monoisotopic (exact) mass is 367 g/mol. The number of hydrazone groups is 1. The molecule has 0 aliphatic carbocycles. The van der Waals surface area contributed by atoms with Crippen molar-refractivity contribution in [3.8, 4) is 0 Å². The zero-order chi connectivity index (χ0) is 18.9. The number of piperidine rings is 1. The zero-order valence-corrected chi connectivity index (χ0v) is 14.2. The fourth-order valence-corrected chi connectivity index (χ4v) is 3.70. The molecule has 2 bridgehead atoms. The van der Waals surface area contributed by atoms with E-state index < -0.39 is 11.7 Å². The van der Waals surface area contributed by atoms with Gasteiger partial charge in [-0.25, -0.2) is 4.79 Å². The van der Waals surface area contributed by atoms with E-state index in [4.69, 9.17) is 5.41 Å². The summed E-state index contributed by atoms with van der Waals surface area (Å²) in [6.45, 7) is 0. The minimum atomic E-state index is -4.59. The number of hydrogen-bond donors (Lipinski definition) is 3. The lowest BCUT2D eigenvalue weighted by atomic mass is 9.80. The summed E-state index contributed by atoms with van der Waals surface area (Å²) in [7, 11) is 1.44. The Labute approximate surface area is 149 Å². The highest BCUT2D eigenvalue weighted by molar-refractivity contribution is 6.37. The molecule has 2 saturated heterocycles. The molecule has 2 aliphatic heterocycles. The number of nitrogens with zero attached hydrogens (tertiary/aromatic N) is 2. The van der Waals surface area contributed by atoms with Gasteiger partial charge in [0, 0.05) is 36.6 Å². The molecule has 2 fully saturated rings. The molecule has 0 aromatic heterocycles. The van der Waals surface area contributed by atoms with Crippen LogP contribution in [0, 0.1) is 5.41 Å². The van der Waals surface area contributed by atoms with Crippen molar-refractivity contribution < 1.29 is 18.0 Å². The van der Waals surface area contributed by atoms with E-state index in [1.54, 1.807) is 4.90 Å². The van der Waals surface area contributed by atoms with Gasteiger partial charge in [-0.2, -0.15) is 18.3 Å². The van der Waals surface area contributed by atoms with Gasteiger partial charge < -0.3 is 21.1 Å². The maximum absolute atomic E-state index is 13.3. The molecule has 140 valence electrons. The smallest absolute Gasteiger partial charge is 0.318 e. The van der Waals surface area contributed by atoms with Crippen LogP contribution in [0.5, 0.6) is 0 Å². The maximum Gasteiger partial charge on any atom is 0.417 e. The number of amides is 2. The second-order valence-electron chi connectivity index (χ2n) is 6.43. The summed E-state index contributed by atoms with van der Waals surface area (Å²) >= 11 is 0. The molecule has 9 heteroatoms. The molecule has 3 N–H and O–H groups in total. The van der Waals surface area contributed by atoms with Crippen molar-refractivity contribution in [2.45, 2.75) is 43.9 Å². The lowest BCUT2D eigenvalue weighted by Gasteiger charge is -2.52. The van der Waals surface area contributed by atoms with Gasteiger partial charge >= 0.3 is 12.2 Å². The molecular weight excluding hydrogens is 347 g/mol. The van der Waals surface area contributed by atoms with Gasteiger partial charge in [0.2, 0.25) is 0 Å². The molecule has 2 heterocycles. The molecule has 2 atom stereocenters. The Bertz CT molecular complexity index is 732. The number of rotatable bonds is 4. The third-order valence-corrected chi connectivity index (χ3v) is 4.86. The molecule has 0 saturated carbocycles. The molecule has 0 radical (unpaired) electrons. The summed E-state index contributed by atoms with van der Waals surface area (Å²) in [4.78, 5) is 14.2. The van der Waals surface area contributed by atoms with E-state index in [2.05, 4.69) is 15.8 Å². The van der Waals surface area contributed by atoms with Gasteiger partial charge in [0.25, 0.3) is 0 Å². The van der Waals surface area contributed by atoms with E-state index in [-0.39, 0.29) is 35.1 Å². The van der Waals surface area contributed by atoms with E-state index in [1.165, 1.54) is 19.2 Å². The van der Waals surface area contributed by atoms with Gasteiger partial charge in [-0.05, 0) is 43.9 Å². The van der Waals surface area contributed by atoms with Crippen molar-refractivity contribution >= 4 is 23.6 Å². The van der Waals surface area contributed by atoms with Gasteiger partial charge in [0.15, 0.2) is 0 Å². The molecule has 3 rings (SSSR count). The second kappa shape index (κ2) is 6.97. The van der Waals surface area contributed by atoms with Crippen molar-refractivity contribution in [2.24, 2.45) is 5.10 Å². The van der Waals surface area contributed by atoms with Gasteiger partial charge in [-0.1, -0.05) is 0 Å². The largest absolute Gasteiger partial charge is 0.417 e. The first-order chi connectivity index (χ1) is 12.3. The maximum atomic E-state index is 13.3. The Balaban J connectivity index is 1.87. The van der Waals surface area contributed by atoms with Crippen LogP contribution in [0.4, 0.5) is 23.7 Å². The number of nitrogens with one attached hydrogen (secondary N) is 3. The molecule has 6 nitrogen and oxygen atoms in total. The highest BCUT2D eigenvalue weighted by atomic mass is 19.4. The van der Waals surface area contributed by atoms with Crippen LogP contribution >= 0.6 is 0 Å². The standard InChI is InChI=1S/C17H20F3N5O/c1-22-24-15(9-21)13-7-10(5-6-14(13)17(18,19)20)23-16(26)25-11-3-2-4-12(25)8-11/h5-7,9,11-12,21-22H,2-4,8H2,1H3,(H,23,26)/b21-9?,24-15+. The van der Waals surface area contributed by atoms with Crippen LogP contribution in [0.2, 0.25) is 0 Å². The van der Waals surface area contributed by atoms with Crippen LogP contribution in [0.1, 0.15) is 36.8 Å². The first-order valence-electron chi connectivity index (χ1n) is 8.41. The predicted octanol–water partition coefficient (Wildman–Crippen LogP) is 3.44. The highest BCUT2D eigenvalue weighted by Gasteiger charge is 2.44. The average molecular weight is 367 g/mol. The minimum absolute atomic E-state index is 0.170. The third-order valence-electron chi connectivity index (χ3n) is 4.86. The van der Waals surface area contributed by atoms with E-state index >= 15 is 0 Å². The van der Waals surface area contributed by atoms with Gasteiger partial charge in [0.1, 0.15) is 5.71 Å². The zero-order valence-electron chi connectivity index (χ0n) is 14.2. The number of halogens is 3. The Hall–Kier alpha value is -2.58. The minimum Gasteiger partial charge on any atom is -0.318 e. The normalized spacial score (nSPS) is 22.5. The summed E-state index contributed by atoms with van der Waals surface area (Å²) in [5, 5.41) is 13.7. The van der Waals surface area contributed by atoms with Crippen molar-refractivity contribution in [2.75, 3.05) is 12.4 Å². The van der Waals surface area contributed by atoms with Gasteiger partial charge in [-0.15, -0.1) is 0 Å². The first-order valence-corrected chi connectivity index (χ1v) is 8.41. The third kappa shape index (κ3) is 3.38. The molecule has 0 spiro atoms. The fraction of sp³-hybridized carbons (Fsp3) is 0.471. The van der Waals surface area contributed by atoms with Crippen LogP contribution in [-0.2, 0) is 6.18 Å². The number of alkyl halides is 3. The van der Waals surface area contributed by atoms with E-state index in [0.717, 1.165) is 38.0 Å². The number of urea groups is 1. The second-order valence-corrected chi connectivity index (χ2v) is 6.43. The Morgan fingerprint density at radius 2 is 2.04 bits per heavy atom. The van der Waals surface area contributed by atoms with Crippen molar-refractivity contribution in [3.05, 3.63) is 29.3 Å². The number of benzene rings is 1. The van der Waals surface area contributed by atoms with Crippen LogP contribution in [0.15, 0.2) is 23.3 Å². The lowest BCUT2D eigenvalue weighted by molar-refractivity contribution is -0.137. The molecular formula is C17H20F3N5O. The summed E-state index contributed by atoms with van der Waals surface area (Å²) in [5.74, 6) is 0. The topological polar surface area (TPSA) is 80.6 Å². The number of fused-ring (bicyclic) bond motifs is 2. The van der Waals surface area contributed by atoms with Crippen LogP contribution in [-0.4, -0.2) is 42.0 Å². The van der Waals surface area contributed by atoms with E-state index in [0.29, 0.717) is 0 Å². The first kappa shape index (κ1) is 18.2. The number of anilines is 1. The summed E-state index contributed by atoms with van der Waals surface area (Å²) in [5.41, 5.74) is 1.30. The molecule has 2 amide bonds. The number of hydrogen-bond acceptors (Lipinski definition) is 4. The van der Waals surface area contributed by atoms with Crippen molar-refractivity contribution in [1.82, 2.24) is 10.3 Å². The molecule has 2 aliphatic rings. The molecule has 1 aromatic carbocycles. The van der Waals surface area contributed by atoms with Crippen molar-refractivity contribution in [3.63, 3.8) is 0 Å². The summed E-state index contributed by atoms with van der Waals surface area (Å²) in [6, 6.07) is 3.49. The van der Waals surface area contributed by atoms with Crippen molar-refractivity contribution in [1.29, 1.82) is 5.41 Å². The summed E-state index contributed by atoms with van der Waals surface area (Å²) < 4.78 is 39.8. The Kier molecular flexibility index (Phi) is 4.88. The molecule has 1 aromatic rings. The Morgan fingerprint density at radius 3 is 2.58 bits per heavy atom. The lowest BCUT2D eigenvalue weighted by Crippen LogP contribution is -2.62. The van der Waals surface area contributed by atoms with E-state index in [1.807, 2.05) is 0 Å². The van der Waals surface area contributed by atoms with Crippen LogP contribution < -0.4 is 10.7 Å². The van der Waals surface area contributed by atoms with Gasteiger partial charge in [-0.3, -0.25) is 0 Å². The Morgan fingerprint density at radius 1 is 1.35 bits per heavy atom. The molecule has 26 heavy (non-hydrogen) atoms. The number of carbonyl (C=O) groups excluding carboxylic acids is 1. The number of carbonyl (C=O) groups is 1. The highest BCUT2D eigenvalue weighted by Crippen LogP contribution is 2.39. The summed E-state index contributed by atoms with van der Waals surface area (Å²) in [6.07, 6.45) is 0.186. The SMILES string of the molecule is CN/N=C(\C=N)c1cc(NC(=O)N2C3CCCC2C3)ccc1C(F)(F)F.